The first-order chi connectivity index (χ1) is 11.1. The minimum absolute atomic E-state index is 0.121. The van der Waals surface area contributed by atoms with Gasteiger partial charge >= 0.3 is 11.9 Å². The minimum Gasteiger partial charge on any atom is -0.475 e. The van der Waals surface area contributed by atoms with E-state index in [2.05, 4.69) is 0 Å². The average Bonchev–Trinajstić information content (AvgIpc) is 2.51. The summed E-state index contributed by atoms with van der Waals surface area (Å²) >= 11 is 0. The third-order valence-electron chi connectivity index (χ3n) is 3.08. The molecule has 0 aromatic carbocycles. The lowest BCUT2D eigenvalue weighted by atomic mass is 9.99. The molecule has 0 radical (unpaired) electrons. The van der Waals surface area contributed by atoms with Crippen molar-refractivity contribution in [2.24, 2.45) is 0 Å². The topological polar surface area (TPSA) is 160 Å². The molecule has 0 saturated carbocycles. The predicted molar refractivity (Wildman–Crippen MR) is 75.6 cm³/mol. The van der Waals surface area contributed by atoms with Crippen molar-refractivity contribution in [1.82, 2.24) is 0 Å². The number of esters is 1. The van der Waals surface area contributed by atoms with Crippen LogP contribution in [0.5, 0.6) is 0 Å². The van der Waals surface area contributed by atoms with Crippen LogP contribution in [0.1, 0.15) is 13.8 Å². The number of hydrogen-bond acceptors (Lipinski definition) is 9. The normalized spacial score (nSPS) is 30.5. The number of ether oxygens (including phenoxy) is 3. The molecule has 5 unspecified atom stereocenters. The van der Waals surface area contributed by atoms with Gasteiger partial charge in [0, 0.05) is 12.2 Å². The number of carbonyl (C=O) groups is 3. The van der Waals surface area contributed by atoms with Crippen molar-refractivity contribution in [3.05, 3.63) is 12.2 Å². The van der Waals surface area contributed by atoms with Crippen LogP contribution in [0.3, 0.4) is 0 Å². The van der Waals surface area contributed by atoms with Crippen molar-refractivity contribution < 1.29 is 49.0 Å². The van der Waals surface area contributed by atoms with Crippen LogP contribution >= 0.6 is 0 Å². The summed E-state index contributed by atoms with van der Waals surface area (Å²) in [5, 5.41) is 37.8. The minimum atomic E-state index is -1.75. The maximum absolute atomic E-state index is 11.5. The van der Waals surface area contributed by atoms with Crippen LogP contribution in [0.4, 0.5) is 0 Å². The highest BCUT2D eigenvalue weighted by Crippen LogP contribution is 2.23. The van der Waals surface area contributed by atoms with Crippen molar-refractivity contribution >= 4 is 17.7 Å². The van der Waals surface area contributed by atoms with Crippen LogP contribution in [-0.4, -0.2) is 81.6 Å². The van der Waals surface area contributed by atoms with Crippen molar-refractivity contribution in [1.29, 1.82) is 0 Å². The molecule has 1 rings (SSSR count). The molecule has 136 valence electrons. The first-order valence-corrected chi connectivity index (χ1v) is 7.10. The van der Waals surface area contributed by atoms with Crippen molar-refractivity contribution in [3.8, 4) is 0 Å². The molecular formula is C14H20O10. The SMILES string of the molecule is CC(C)OCC1OC(OC(=O)/C=C/C(=O)C(=O)O)C(O)C(O)C1O. The van der Waals surface area contributed by atoms with Crippen LogP contribution in [0.2, 0.25) is 0 Å². The van der Waals surface area contributed by atoms with Gasteiger partial charge in [0.05, 0.1) is 12.7 Å². The van der Waals surface area contributed by atoms with Gasteiger partial charge < -0.3 is 34.6 Å². The highest BCUT2D eigenvalue weighted by Gasteiger charge is 2.45. The summed E-state index contributed by atoms with van der Waals surface area (Å²) in [4.78, 5) is 32.7. The van der Waals surface area contributed by atoms with Crippen molar-refractivity contribution in [3.63, 3.8) is 0 Å². The summed E-state index contributed by atoms with van der Waals surface area (Å²) in [7, 11) is 0. The summed E-state index contributed by atoms with van der Waals surface area (Å²) in [5.74, 6) is -4.26. The number of aliphatic carboxylic acids is 1. The van der Waals surface area contributed by atoms with E-state index in [-0.39, 0.29) is 12.7 Å². The summed E-state index contributed by atoms with van der Waals surface area (Å²) in [6.07, 6.45) is -6.69. The van der Waals surface area contributed by atoms with Crippen molar-refractivity contribution in [2.45, 2.75) is 50.7 Å². The Bertz CT molecular complexity index is 500. The summed E-state index contributed by atoms with van der Waals surface area (Å²) < 4.78 is 15.2. The van der Waals surface area contributed by atoms with Gasteiger partial charge in [-0.2, -0.15) is 0 Å². The fourth-order valence-electron chi connectivity index (χ4n) is 1.81. The van der Waals surface area contributed by atoms with Gasteiger partial charge in [0.2, 0.25) is 6.29 Å². The van der Waals surface area contributed by atoms with Gasteiger partial charge in [-0.15, -0.1) is 0 Å². The zero-order valence-electron chi connectivity index (χ0n) is 13.1. The third-order valence-corrected chi connectivity index (χ3v) is 3.08. The van der Waals surface area contributed by atoms with Gasteiger partial charge in [-0.25, -0.2) is 9.59 Å². The molecule has 0 aliphatic carbocycles. The highest BCUT2D eigenvalue weighted by atomic mass is 16.7. The lowest BCUT2D eigenvalue weighted by molar-refractivity contribution is -0.294. The molecule has 1 fully saturated rings. The summed E-state index contributed by atoms with van der Waals surface area (Å²) in [6.45, 7) is 3.36. The van der Waals surface area contributed by atoms with E-state index < -0.39 is 48.4 Å². The summed E-state index contributed by atoms with van der Waals surface area (Å²) in [5.41, 5.74) is 0. The van der Waals surface area contributed by atoms with Gasteiger partial charge in [0.25, 0.3) is 5.78 Å². The van der Waals surface area contributed by atoms with Crippen LogP contribution in [0.25, 0.3) is 0 Å². The number of ketones is 1. The van der Waals surface area contributed by atoms with E-state index in [0.29, 0.717) is 12.2 Å². The molecule has 24 heavy (non-hydrogen) atoms. The lowest BCUT2D eigenvalue weighted by Crippen LogP contribution is -2.59. The zero-order chi connectivity index (χ0) is 18.4. The van der Waals surface area contributed by atoms with Gasteiger partial charge in [-0.05, 0) is 13.8 Å². The molecule has 5 atom stereocenters. The fraction of sp³-hybridized carbons (Fsp3) is 0.643. The number of aliphatic hydroxyl groups is 3. The Morgan fingerprint density at radius 3 is 2.25 bits per heavy atom. The second kappa shape index (κ2) is 8.85. The van der Waals surface area contributed by atoms with E-state index in [4.69, 9.17) is 19.3 Å². The number of carboxylic acid groups (broad SMARTS) is 1. The van der Waals surface area contributed by atoms with E-state index in [1.165, 1.54) is 0 Å². The molecule has 10 nitrogen and oxygen atoms in total. The molecule has 1 saturated heterocycles. The average molecular weight is 348 g/mol. The van der Waals surface area contributed by atoms with Gasteiger partial charge in [-0.1, -0.05) is 0 Å². The first-order valence-electron chi connectivity index (χ1n) is 7.10. The second-order valence-electron chi connectivity index (χ2n) is 5.34. The predicted octanol–water partition coefficient (Wildman–Crippen LogP) is -2.03. The van der Waals surface area contributed by atoms with E-state index in [0.717, 1.165) is 0 Å². The molecule has 1 heterocycles. The van der Waals surface area contributed by atoms with Crippen LogP contribution in [0, 0.1) is 0 Å². The number of rotatable bonds is 7. The standard InChI is InChI=1S/C14H20O10/c1-6(2)22-5-8-10(17)11(18)12(19)14(23-8)24-9(16)4-3-7(15)13(20)21/h3-4,6,8,10-12,14,17-19H,5H2,1-2H3,(H,20,21)/b4-3+. The third kappa shape index (κ3) is 5.65. The zero-order valence-corrected chi connectivity index (χ0v) is 13.1. The number of carbonyl (C=O) groups excluding carboxylic acids is 2. The van der Waals surface area contributed by atoms with E-state index >= 15 is 0 Å². The van der Waals surface area contributed by atoms with Crippen LogP contribution in [-0.2, 0) is 28.6 Å². The Morgan fingerprint density at radius 1 is 1.08 bits per heavy atom. The molecule has 0 spiro atoms. The molecule has 10 heteroatoms. The Hall–Kier alpha value is -1.85. The largest absolute Gasteiger partial charge is 0.475 e. The molecule has 1 aliphatic rings. The molecule has 0 aromatic heterocycles. The van der Waals surface area contributed by atoms with E-state index in [1.54, 1.807) is 13.8 Å². The van der Waals surface area contributed by atoms with E-state index in [9.17, 15) is 29.7 Å². The van der Waals surface area contributed by atoms with Gasteiger partial charge in [-0.3, -0.25) is 4.79 Å². The molecule has 0 bridgehead atoms. The Labute approximate surface area is 137 Å². The molecule has 4 N–H and O–H groups in total. The molecule has 0 aromatic rings. The maximum atomic E-state index is 11.5. The van der Waals surface area contributed by atoms with Gasteiger partial charge in [0.15, 0.2) is 0 Å². The number of hydrogen-bond donors (Lipinski definition) is 4. The Kier molecular flexibility index (Phi) is 7.45. The fourth-order valence-corrected chi connectivity index (χ4v) is 1.81. The maximum Gasteiger partial charge on any atom is 0.376 e. The van der Waals surface area contributed by atoms with E-state index in [1.807, 2.05) is 0 Å². The number of carboxylic acids is 1. The smallest absolute Gasteiger partial charge is 0.376 e. The van der Waals surface area contributed by atoms with Crippen LogP contribution < -0.4 is 0 Å². The Morgan fingerprint density at radius 2 is 1.71 bits per heavy atom. The molecule has 1 aliphatic heterocycles. The van der Waals surface area contributed by atoms with Crippen LogP contribution in [0.15, 0.2) is 12.2 Å². The van der Waals surface area contributed by atoms with Crippen molar-refractivity contribution in [2.75, 3.05) is 6.61 Å². The second-order valence-corrected chi connectivity index (χ2v) is 5.34. The lowest BCUT2D eigenvalue weighted by Gasteiger charge is -2.39. The quantitative estimate of drug-likeness (QED) is 0.229. The highest BCUT2D eigenvalue weighted by molar-refractivity contribution is 6.37. The molecule has 0 amide bonds. The monoisotopic (exact) mass is 348 g/mol. The number of aliphatic hydroxyl groups excluding tert-OH is 3. The summed E-state index contributed by atoms with van der Waals surface area (Å²) in [6, 6.07) is 0. The van der Waals surface area contributed by atoms with Gasteiger partial charge in [0.1, 0.15) is 24.4 Å². The Balaban J connectivity index is 2.69. The first kappa shape index (κ1) is 20.2. The molecular weight excluding hydrogens is 328 g/mol.